The molecule has 1 heterocycles. The minimum absolute atomic E-state index is 0.0310. The van der Waals surface area contributed by atoms with Crippen LogP contribution in [0.5, 0.6) is 0 Å². The predicted octanol–water partition coefficient (Wildman–Crippen LogP) is 2.88. The molecule has 1 unspecified atom stereocenters. The molecule has 1 amide bonds. The molecule has 2 aromatic rings. The van der Waals surface area contributed by atoms with E-state index in [2.05, 4.69) is 35.7 Å². The third-order valence-corrected chi connectivity index (χ3v) is 4.17. The van der Waals surface area contributed by atoms with Crippen LogP contribution in [0.15, 0.2) is 48.5 Å². The minimum atomic E-state index is -0.0364. The van der Waals surface area contributed by atoms with Gasteiger partial charge >= 0.3 is 0 Å². The van der Waals surface area contributed by atoms with Crippen LogP contribution in [-0.2, 0) is 0 Å². The summed E-state index contributed by atoms with van der Waals surface area (Å²) in [6, 6.07) is 15.9. The second-order valence-corrected chi connectivity index (χ2v) is 6.17. The zero-order valence-corrected chi connectivity index (χ0v) is 13.7. The van der Waals surface area contributed by atoms with Crippen molar-refractivity contribution >= 4 is 11.6 Å². The molecule has 120 valence electrons. The Morgan fingerprint density at radius 2 is 1.74 bits per heavy atom. The monoisotopic (exact) mass is 309 g/mol. The number of anilines is 1. The molecule has 1 aliphatic rings. The van der Waals surface area contributed by atoms with Gasteiger partial charge in [0.2, 0.25) is 0 Å². The van der Waals surface area contributed by atoms with Crippen molar-refractivity contribution in [2.45, 2.75) is 12.5 Å². The fraction of sp³-hybridized carbons (Fsp3) is 0.316. The SMILES string of the molecule is CN(C)CCCNC1c2ccccc2NC(=O)c2ccccc21. The summed E-state index contributed by atoms with van der Waals surface area (Å²) in [6.07, 6.45) is 1.06. The number of fused-ring (bicyclic) bond motifs is 2. The molecule has 0 aromatic heterocycles. The molecular formula is C19H23N3O. The molecule has 0 radical (unpaired) electrons. The summed E-state index contributed by atoms with van der Waals surface area (Å²) < 4.78 is 0. The Morgan fingerprint density at radius 3 is 2.52 bits per heavy atom. The van der Waals surface area contributed by atoms with Gasteiger partial charge in [0.25, 0.3) is 5.91 Å². The Labute approximate surface area is 137 Å². The Balaban J connectivity index is 1.92. The van der Waals surface area contributed by atoms with Crippen molar-refractivity contribution in [3.05, 3.63) is 65.2 Å². The lowest BCUT2D eigenvalue weighted by Gasteiger charge is -2.21. The average molecular weight is 309 g/mol. The van der Waals surface area contributed by atoms with E-state index < -0.39 is 0 Å². The van der Waals surface area contributed by atoms with E-state index in [0.29, 0.717) is 0 Å². The van der Waals surface area contributed by atoms with E-state index in [-0.39, 0.29) is 11.9 Å². The van der Waals surface area contributed by atoms with Gasteiger partial charge < -0.3 is 15.5 Å². The van der Waals surface area contributed by atoms with Crippen molar-refractivity contribution in [2.75, 3.05) is 32.5 Å². The first kappa shape index (κ1) is 15.7. The lowest BCUT2D eigenvalue weighted by atomic mass is 9.94. The number of nitrogens with one attached hydrogen (secondary N) is 2. The molecular weight excluding hydrogens is 286 g/mol. The molecule has 2 aromatic carbocycles. The van der Waals surface area contributed by atoms with E-state index >= 15 is 0 Å². The molecule has 1 atom stereocenters. The summed E-state index contributed by atoms with van der Waals surface area (Å²) >= 11 is 0. The smallest absolute Gasteiger partial charge is 0.256 e. The van der Waals surface area contributed by atoms with Crippen LogP contribution in [0.3, 0.4) is 0 Å². The quantitative estimate of drug-likeness (QED) is 0.835. The zero-order chi connectivity index (χ0) is 16.2. The second-order valence-electron chi connectivity index (χ2n) is 6.17. The first-order chi connectivity index (χ1) is 11.2. The summed E-state index contributed by atoms with van der Waals surface area (Å²) in [7, 11) is 4.16. The number of amides is 1. The normalized spacial score (nSPS) is 16.5. The molecule has 4 heteroatoms. The van der Waals surface area contributed by atoms with Crippen LogP contribution in [0.25, 0.3) is 0 Å². The van der Waals surface area contributed by atoms with E-state index in [4.69, 9.17) is 0 Å². The third-order valence-electron chi connectivity index (χ3n) is 4.17. The van der Waals surface area contributed by atoms with Crippen LogP contribution in [0, 0.1) is 0 Å². The van der Waals surface area contributed by atoms with Crippen LogP contribution < -0.4 is 10.6 Å². The Kier molecular flexibility index (Phi) is 4.74. The molecule has 3 rings (SSSR count). The minimum Gasteiger partial charge on any atom is -0.322 e. The standard InChI is InChI=1S/C19H23N3O/c1-22(2)13-7-12-20-18-14-8-3-4-9-15(14)19(23)21-17-11-6-5-10-16(17)18/h3-6,8-11,18,20H,7,12-13H2,1-2H3,(H,21,23). The largest absolute Gasteiger partial charge is 0.322 e. The number of para-hydroxylation sites is 1. The van der Waals surface area contributed by atoms with Crippen molar-refractivity contribution in [2.24, 2.45) is 0 Å². The Morgan fingerprint density at radius 1 is 1.04 bits per heavy atom. The van der Waals surface area contributed by atoms with E-state index in [9.17, 15) is 4.79 Å². The molecule has 0 saturated carbocycles. The summed E-state index contributed by atoms with van der Waals surface area (Å²) in [4.78, 5) is 14.7. The molecule has 4 nitrogen and oxygen atoms in total. The molecule has 1 aliphatic heterocycles. The number of rotatable bonds is 5. The predicted molar refractivity (Wildman–Crippen MR) is 93.9 cm³/mol. The Bertz CT molecular complexity index is 697. The summed E-state index contributed by atoms with van der Waals surface area (Å²) in [6.45, 7) is 1.94. The second kappa shape index (κ2) is 6.94. The van der Waals surface area contributed by atoms with Crippen LogP contribution in [0.1, 0.15) is 33.9 Å². The van der Waals surface area contributed by atoms with Crippen LogP contribution in [-0.4, -0.2) is 38.0 Å². The molecule has 0 aliphatic carbocycles. The maximum absolute atomic E-state index is 12.5. The summed E-state index contributed by atoms with van der Waals surface area (Å²) in [5.74, 6) is -0.0364. The van der Waals surface area contributed by atoms with Crippen LogP contribution >= 0.6 is 0 Å². The number of carbonyl (C=O) groups excluding carboxylic acids is 1. The van der Waals surface area contributed by atoms with Crippen molar-refractivity contribution < 1.29 is 4.79 Å². The third kappa shape index (κ3) is 3.44. The molecule has 0 saturated heterocycles. The molecule has 2 N–H and O–H groups in total. The molecule has 23 heavy (non-hydrogen) atoms. The highest BCUT2D eigenvalue weighted by Gasteiger charge is 2.26. The molecule has 0 bridgehead atoms. The zero-order valence-electron chi connectivity index (χ0n) is 13.7. The maximum atomic E-state index is 12.5. The lowest BCUT2D eigenvalue weighted by Crippen LogP contribution is -2.26. The van der Waals surface area contributed by atoms with Crippen molar-refractivity contribution in [3.8, 4) is 0 Å². The first-order valence-corrected chi connectivity index (χ1v) is 8.04. The molecule has 0 spiro atoms. The van der Waals surface area contributed by atoms with Crippen molar-refractivity contribution in [1.82, 2.24) is 10.2 Å². The highest BCUT2D eigenvalue weighted by Crippen LogP contribution is 2.33. The topological polar surface area (TPSA) is 44.4 Å². The number of nitrogens with zero attached hydrogens (tertiary/aromatic N) is 1. The van der Waals surface area contributed by atoms with Crippen molar-refractivity contribution in [3.63, 3.8) is 0 Å². The van der Waals surface area contributed by atoms with Crippen molar-refractivity contribution in [1.29, 1.82) is 0 Å². The first-order valence-electron chi connectivity index (χ1n) is 8.04. The number of benzene rings is 2. The average Bonchev–Trinajstić information content (AvgIpc) is 2.66. The van der Waals surface area contributed by atoms with Gasteiger partial charge in [0, 0.05) is 11.3 Å². The van der Waals surface area contributed by atoms with E-state index in [1.54, 1.807) is 0 Å². The summed E-state index contributed by atoms with van der Waals surface area (Å²) in [5.41, 5.74) is 3.79. The van der Waals surface area contributed by atoms with Gasteiger partial charge in [0.15, 0.2) is 0 Å². The van der Waals surface area contributed by atoms with Gasteiger partial charge in [0.05, 0.1) is 6.04 Å². The van der Waals surface area contributed by atoms with E-state index in [1.165, 1.54) is 0 Å². The number of carbonyl (C=O) groups is 1. The maximum Gasteiger partial charge on any atom is 0.256 e. The van der Waals surface area contributed by atoms with Gasteiger partial charge in [-0.1, -0.05) is 36.4 Å². The number of hydrogen-bond donors (Lipinski definition) is 2. The van der Waals surface area contributed by atoms with Gasteiger partial charge in [-0.15, -0.1) is 0 Å². The van der Waals surface area contributed by atoms with Gasteiger partial charge in [-0.05, 0) is 56.9 Å². The lowest BCUT2D eigenvalue weighted by molar-refractivity contribution is 0.102. The Hall–Kier alpha value is -2.17. The summed E-state index contributed by atoms with van der Waals surface area (Å²) in [5, 5.41) is 6.66. The fourth-order valence-corrected chi connectivity index (χ4v) is 3.04. The number of hydrogen-bond acceptors (Lipinski definition) is 3. The van der Waals surface area contributed by atoms with Gasteiger partial charge in [-0.25, -0.2) is 0 Å². The molecule has 0 fully saturated rings. The highest BCUT2D eigenvalue weighted by molar-refractivity contribution is 6.07. The van der Waals surface area contributed by atoms with E-state index in [0.717, 1.165) is 41.9 Å². The van der Waals surface area contributed by atoms with Gasteiger partial charge in [-0.2, -0.15) is 0 Å². The van der Waals surface area contributed by atoms with Crippen LogP contribution in [0.2, 0.25) is 0 Å². The van der Waals surface area contributed by atoms with Gasteiger partial charge in [0.1, 0.15) is 0 Å². The van der Waals surface area contributed by atoms with Crippen LogP contribution in [0.4, 0.5) is 5.69 Å². The fourth-order valence-electron chi connectivity index (χ4n) is 3.04. The van der Waals surface area contributed by atoms with Gasteiger partial charge in [-0.3, -0.25) is 4.79 Å². The van der Waals surface area contributed by atoms with E-state index in [1.807, 2.05) is 42.5 Å². The highest BCUT2D eigenvalue weighted by atomic mass is 16.1.